The summed E-state index contributed by atoms with van der Waals surface area (Å²) in [5.41, 5.74) is 6.88. The number of carbonyl (C=O) groups is 2. The van der Waals surface area contributed by atoms with Gasteiger partial charge in [0, 0.05) is 18.7 Å². The molecule has 0 spiro atoms. The Labute approximate surface area is 99.4 Å². The molecule has 4 nitrogen and oxygen atoms in total. The first-order chi connectivity index (χ1) is 8.15. The van der Waals surface area contributed by atoms with Crippen LogP contribution in [0, 0.1) is 12.3 Å². The summed E-state index contributed by atoms with van der Waals surface area (Å²) in [6, 6.07) is 4.75. The molecule has 0 aliphatic carbocycles. The fourth-order valence-electron chi connectivity index (χ4n) is 1.85. The number of nitrogens with zero attached hydrogens (tertiary/aromatic N) is 1. The molecule has 0 radical (unpaired) electrons. The van der Waals surface area contributed by atoms with Gasteiger partial charge in [-0.3, -0.25) is 14.5 Å². The Bertz CT molecular complexity index is 529. The zero-order valence-electron chi connectivity index (χ0n) is 9.27. The van der Waals surface area contributed by atoms with Crippen LogP contribution in [0.1, 0.15) is 33.6 Å². The summed E-state index contributed by atoms with van der Waals surface area (Å²) < 4.78 is 0. The number of nitrogens with two attached hydrogens (primary N) is 1. The van der Waals surface area contributed by atoms with Gasteiger partial charge in [0.25, 0.3) is 11.8 Å². The lowest BCUT2D eigenvalue weighted by Crippen LogP contribution is -2.30. The molecule has 4 heteroatoms. The first-order valence-corrected chi connectivity index (χ1v) is 5.34. The van der Waals surface area contributed by atoms with Crippen LogP contribution in [-0.4, -0.2) is 23.3 Å². The zero-order valence-corrected chi connectivity index (χ0v) is 9.27. The maximum atomic E-state index is 12.0. The largest absolute Gasteiger partial charge is 0.399 e. The first-order valence-electron chi connectivity index (χ1n) is 5.34. The van der Waals surface area contributed by atoms with Crippen LogP contribution < -0.4 is 5.73 Å². The van der Waals surface area contributed by atoms with Crippen LogP contribution in [0.15, 0.2) is 18.2 Å². The second kappa shape index (κ2) is 4.30. The first kappa shape index (κ1) is 11.2. The highest BCUT2D eigenvalue weighted by molar-refractivity contribution is 6.21. The molecule has 1 aliphatic heterocycles. The molecule has 0 unspecified atom stereocenters. The summed E-state index contributed by atoms with van der Waals surface area (Å²) >= 11 is 0. The number of imide groups is 1. The average Bonchev–Trinajstić information content (AvgIpc) is 2.54. The van der Waals surface area contributed by atoms with Gasteiger partial charge in [-0.15, -0.1) is 12.3 Å². The summed E-state index contributed by atoms with van der Waals surface area (Å²) in [6.07, 6.45) is 6.31. The molecule has 0 fully saturated rings. The number of terminal acetylenes is 1. The molecular weight excluding hydrogens is 216 g/mol. The average molecular weight is 228 g/mol. The SMILES string of the molecule is C#CCCCN1C(=O)c2ccc(N)cc2C1=O. The minimum atomic E-state index is -0.283. The Morgan fingerprint density at radius 1 is 1.24 bits per heavy atom. The number of benzene rings is 1. The fourth-order valence-corrected chi connectivity index (χ4v) is 1.85. The standard InChI is InChI=1S/C13H12N2O2/c1-2-3-4-7-15-12(16)10-6-5-9(14)8-11(10)13(15)17/h1,5-6,8H,3-4,7,14H2. The van der Waals surface area contributed by atoms with Crippen LogP contribution in [0.3, 0.4) is 0 Å². The molecule has 1 aliphatic rings. The van der Waals surface area contributed by atoms with Crippen molar-refractivity contribution < 1.29 is 9.59 Å². The number of unbranched alkanes of at least 4 members (excludes halogenated alkanes) is 1. The van der Waals surface area contributed by atoms with E-state index in [-0.39, 0.29) is 11.8 Å². The molecule has 0 saturated carbocycles. The maximum Gasteiger partial charge on any atom is 0.261 e. The lowest BCUT2D eigenvalue weighted by atomic mass is 10.1. The van der Waals surface area contributed by atoms with E-state index in [2.05, 4.69) is 5.92 Å². The highest BCUT2D eigenvalue weighted by Crippen LogP contribution is 2.24. The third kappa shape index (κ3) is 1.87. The molecule has 2 N–H and O–H groups in total. The number of rotatable bonds is 3. The third-order valence-corrected chi connectivity index (χ3v) is 2.70. The van der Waals surface area contributed by atoms with Crippen molar-refractivity contribution in [3.05, 3.63) is 29.3 Å². The van der Waals surface area contributed by atoms with E-state index in [4.69, 9.17) is 12.2 Å². The predicted octanol–water partition coefficient (Wildman–Crippen LogP) is 1.28. The number of anilines is 1. The van der Waals surface area contributed by atoms with E-state index >= 15 is 0 Å². The van der Waals surface area contributed by atoms with E-state index in [1.54, 1.807) is 12.1 Å². The summed E-state index contributed by atoms with van der Waals surface area (Å²) in [5, 5.41) is 0. The van der Waals surface area contributed by atoms with Crippen LogP contribution in [0.25, 0.3) is 0 Å². The summed E-state index contributed by atoms with van der Waals surface area (Å²) in [7, 11) is 0. The van der Waals surface area contributed by atoms with Crippen LogP contribution in [0.2, 0.25) is 0 Å². The van der Waals surface area contributed by atoms with Gasteiger partial charge in [-0.1, -0.05) is 0 Å². The van der Waals surface area contributed by atoms with Crippen LogP contribution in [0.5, 0.6) is 0 Å². The Morgan fingerprint density at radius 3 is 2.65 bits per heavy atom. The summed E-state index contributed by atoms with van der Waals surface area (Å²) in [6.45, 7) is 0.358. The number of amides is 2. The lowest BCUT2D eigenvalue weighted by Gasteiger charge is -2.12. The van der Waals surface area contributed by atoms with Gasteiger partial charge in [0.2, 0.25) is 0 Å². The van der Waals surface area contributed by atoms with Crippen molar-refractivity contribution >= 4 is 17.5 Å². The Kier molecular flexibility index (Phi) is 2.84. The van der Waals surface area contributed by atoms with E-state index in [0.29, 0.717) is 36.2 Å². The number of hydrogen-bond acceptors (Lipinski definition) is 3. The van der Waals surface area contributed by atoms with E-state index in [9.17, 15) is 9.59 Å². The smallest absolute Gasteiger partial charge is 0.261 e. The molecule has 1 heterocycles. The van der Waals surface area contributed by atoms with Crippen LogP contribution in [0.4, 0.5) is 5.69 Å². The Morgan fingerprint density at radius 2 is 1.94 bits per heavy atom. The van der Waals surface area contributed by atoms with Gasteiger partial charge in [0.15, 0.2) is 0 Å². The van der Waals surface area contributed by atoms with Crippen molar-refractivity contribution in [1.29, 1.82) is 0 Å². The molecule has 0 saturated heterocycles. The number of nitrogen functional groups attached to an aromatic ring is 1. The van der Waals surface area contributed by atoms with Crippen molar-refractivity contribution in [2.75, 3.05) is 12.3 Å². The highest BCUT2D eigenvalue weighted by Gasteiger charge is 2.34. The molecular formula is C13H12N2O2. The lowest BCUT2D eigenvalue weighted by molar-refractivity contribution is 0.0653. The molecule has 1 aromatic carbocycles. The van der Waals surface area contributed by atoms with Crippen molar-refractivity contribution in [2.45, 2.75) is 12.8 Å². The van der Waals surface area contributed by atoms with Crippen molar-refractivity contribution in [3.63, 3.8) is 0 Å². The minimum Gasteiger partial charge on any atom is -0.399 e. The van der Waals surface area contributed by atoms with Crippen molar-refractivity contribution in [2.24, 2.45) is 0 Å². The highest BCUT2D eigenvalue weighted by atomic mass is 16.2. The van der Waals surface area contributed by atoms with Crippen LogP contribution in [-0.2, 0) is 0 Å². The van der Waals surface area contributed by atoms with Gasteiger partial charge < -0.3 is 5.73 Å². The molecule has 17 heavy (non-hydrogen) atoms. The molecule has 86 valence electrons. The van der Waals surface area contributed by atoms with Gasteiger partial charge in [-0.25, -0.2) is 0 Å². The van der Waals surface area contributed by atoms with E-state index in [1.807, 2.05) is 0 Å². The molecule has 1 aromatic rings. The molecule has 0 atom stereocenters. The molecule has 0 aromatic heterocycles. The van der Waals surface area contributed by atoms with Crippen molar-refractivity contribution in [3.8, 4) is 12.3 Å². The third-order valence-electron chi connectivity index (χ3n) is 2.70. The fraction of sp³-hybridized carbons (Fsp3) is 0.231. The minimum absolute atomic E-state index is 0.262. The molecule has 2 amide bonds. The molecule has 2 rings (SSSR count). The van der Waals surface area contributed by atoms with Gasteiger partial charge >= 0.3 is 0 Å². The van der Waals surface area contributed by atoms with Gasteiger partial charge in [0.05, 0.1) is 11.1 Å². The zero-order chi connectivity index (χ0) is 12.4. The van der Waals surface area contributed by atoms with Gasteiger partial charge in [-0.2, -0.15) is 0 Å². The summed E-state index contributed by atoms with van der Waals surface area (Å²) in [5.74, 6) is 1.94. The monoisotopic (exact) mass is 228 g/mol. The Hall–Kier alpha value is -2.28. The summed E-state index contributed by atoms with van der Waals surface area (Å²) in [4.78, 5) is 25.1. The quantitative estimate of drug-likeness (QED) is 0.367. The Balaban J connectivity index is 2.24. The van der Waals surface area contributed by atoms with E-state index < -0.39 is 0 Å². The van der Waals surface area contributed by atoms with E-state index in [1.165, 1.54) is 11.0 Å². The second-order valence-electron chi connectivity index (χ2n) is 3.87. The van der Waals surface area contributed by atoms with Gasteiger partial charge in [0.1, 0.15) is 0 Å². The molecule has 0 bridgehead atoms. The number of carbonyl (C=O) groups excluding carboxylic acids is 2. The number of hydrogen-bond donors (Lipinski definition) is 1. The second-order valence-corrected chi connectivity index (χ2v) is 3.87. The van der Waals surface area contributed by atoms with Gasteiger partial charge in [-0.05, 0) is 24.6 Å². The van der Waals surface area contributed by atoms with Crippen LogP contribution >= 0.6 is 0 Å². The normalized spacial score (nSPS) is 13.7. The maximum absolute atomic E-state index is 12.0. The van der Waals surface area contributed by atoms with Crippen molar-refractivity contribution in [1.82, 2.24) is 4.90 Å². The number of fused-ring (bicyclic) bond motifs is 1. The predicted molar refractivity (Wildman–Crippen MR) is 64.3 cm³/mol. The van der Waals surface area contributed by atoms with E-state index in [0.717, 1.165) is 0 Å². The topological polar surface area (TPSA) is 63.4 Å².